The largest absolute Gasteiger partial charge is 0.496 e. The molecular formula is C27H26N2O3S. The molecule has 168 valence electrons. The van der Waals surface area contributed by atoms with Crippen molar-refractivity contribution in [1.82, 2.24) is 0 Å². The van der Waals surface area contributed by atoms with E-state index in [1.54, 1.807) is 37.6 Å². The Hall–Kier alpha value is -3.64. The van der Waals surface area contributed by atoms with Crippen LogP contribution in [0.4, 0.5) is 11.4 Å². The number of methoxy groups -OCH3 is 1. The van der Waals surface area contributed by atoms with Crippen molar-refractivity contribution in [2.75, 3.05) is 11.8 Å². The van der Waals surface area contributed by atoms with Crippen LogP contribution in [-0.4, -0.2) is 21.7 Å². The highest BCUT2D eigenvalue weighted by Gasteiger charge is 2.16. The third-order valence-electron chi connectivity index (χ3n) is 5.55. The summed E-state index contributed by atoms with van der Waals surface area (Å²) in [6, 6.07) is 22.3. The van der Waals surface area contributed by atoms with Crippen LogP contribution in [0, 0.1) is 20.8 Å². The van der Waals surface area contributed by atoms with E-state index in [9.17, 15) is 8.42 Å². The van der Waals surface area contributed by atoms with Crippen LogP contribution in [0.1, 0.15) is 22.3 Å². The highest BCUT2D eigenvalue weighted by atomic mass is 32.2. The highest BCUT2D eigenvalue weighted by Crippen LogP contribution is 2.29. The second-order valence-corrected chi connectivity index (χ2v) is 9.72. The zero-order valence-corrected chi connectivity index (χ0v) is 19.9. The molecule has 0 amide bonds. The maximum atomic E-state index is 12.9. The third-order valence-corrected chi connectivity index (χ3v) is 6.92. The summed E-state index contributed by atoms with van der Waals surface area (Å²) in [6.07, 6.45) is 1.78. The molecule has 0 aliphatic heterocycles. The monoisotopic (exact) mass is 458 g/mol. The van der Waals surface area contributed by atoms with Crippen LogP contribution < -0.4 is 9.46 Å². The first-order chi connectivity index (χ1) is 15.8. The lowest BCUT2D eigenvalue weighted by Crippen LogP contribution is -2.14. The molecule has 0 fully saturated rings. The first-order valence-electron chi connectivity index (χ1n) is 10.6. The zero-order chi connectivity index (χ0) is 23.6. The molecule has 5 nitrogen and oxygen atoms in total. The van der Waals surface area contributed by atoms with Gasteiger partial charge in [0.1, 0.15) is 5.75 Å². The average Bonchev–Trinajstić information content (AvgIpc) is 2.80. The maximum absolute atomic E-state index is 12.9. The number of nitrogens with one attached hydrogen (secondary N) is 1. The Labute approximate surface area is 194 Å². The molecule has 0 saturated heterocycles. The summed E-state index contributed by atoms with van der Waals surface area (Å²) >= 11 is 0. The summed E-state index contributed by atoms with van der Waals surface area (Å²) in [4.78, 5) is 4.74. The van der Waals surface area contributed by atoms with Gasteiger partial charge in [-0.3, -0.25) is 9.71 Å². The fourth-order valence-corrected chi connectivity index (χ4v) is 5.18. The van der Waals surface area contributed by atoms with Crippen LogP contribution in [0.25, 0.3) is 10.8 Å². The van der Waals surface area contributed by atoms with E-state index in [0.29, 0.717) is 11.4 Å². The van der Waals surface area contributed by atoms with Gasteiger partial charge >= 0.3 is 0 Å². The van der Waals surface area contributed by atoms with E-state index in [1.165, 1.54) is 0 Å². The van der Waals surface area contributed by atoms with Gasteiger partial charge in [-0.15, -0.1) is 0 Å². The van der Waals surface area contributed by atoms with Crippen molar-refractivity contribution in [3.63, 3.8) is 0 Å². The van der Waals surface area contributed by atoms with E-state index in [0.717, 1.165) is 38.8 Å². The Morgan fingerprint density at radius 1 is 0.848 bits per heavy atom. The molecule has 0 unspecified atom stereocenters. The minimum absolute atomic E-state index is 0.190. The van der Waals surface area contributed by atoms with Crippen molar-refractivity contribution in [3.05, 3.63) is 95.1 Å². The molecule has 6 heteroatoms. The molecule has 0 heterocycles. The molecule has 4 rings (SSSR count). The van der Waals surface area contributed by atoms with Gasteiger partial charge in [-0.05, 0) is 73.7 Å². The smallest absolute Gasteiger partial charge is 0.261 e. The summed E-state index contributed by atoms with van der Waals surface area (Å²) < 4.78 is 34.0. The molecule has 0 aliphatic carbocycles. The molecule has 0 bridgehead atoms. The number of fused-ring (bicyclic) bond motifs is 1. The van der Waals surface area contributed by atoms with Crippen LogP contribution in [0.3, 0.4) is 0 Å². The number of benzene rings is 4. The number of aryl methyl sites for hydroxylation is 3. The molecule has 4 aromatic rings. The first kappa shape index (κ1) is 22.6. The van der Waals surface area contributed by atoms with Crippen molar-refractivity contribution in [2.45, 2.75) is 25.7 Å². The van der Waals surface area contributed by atoms with Gasteiger partial charge < -0.3 is 4.74 Å². The number of aliphatic imine (C=N–C) groups is 1. The van der Waals surface area contributed by atoms with E-state index in [-0.39, 0.29) is 4.90 Å². The van der Waals surface area contributed by atoms with E-state index >= 15 is 0 Å². The lowest BCUT2D eigenvalue weighted by atomic mass is 10.0. The van der Waals surface area contributed by atoms with Gasteiger partial charge in [0.25, 0.3) is 10.0 Å². The van der Waals surface area contributed by atoms with Crippen molar-refractivity contribution in [3.8, 4) is 5.75 Å². The summed E-state index contributed by atoms with van der Waals surface area (Å²) in [7, 11) is -2.05. The Morgan fingerprint density at radius 3 is 2.12 bits per heavy atom. The van der Waals surface area contributed by atoms with Gasteiger partial charge in [-0.25, -0.2) is 8.42 Å². The Kier molecular flexibility index (Phi) is 6.20. The number of sulfonamides is 1. The molecule has 0 aromatic heterocycles. The van der Waals surface area contributed by atoms with E-state index < -0.39 is 10.0 Å². The number of rotatable bonds is 6. The molecule has 0 saturated carbocycles. The van der Waals surface area contributed by atoms with E-state index in [1.807, 2.05) is 69.3 Å². The fourth-order valence-electron chi connectivity index (χ4n) is 3.98. The summed E-state index contributed by atoms with van der Waals surface area (Å²) in [5.74, 6) is 0.809. The molecular weight excluding hydrogens is 432 g/mol. The van der Waals surface area contributed by atoms with Gasteiger partial charge in [0.15, 0.2) is 0 Å². The Bertz CT molecular complexity index is 1430. The summed E-state index contributed by atoms with van der Waals surface area (Å²) in [6.45, 7) is 5.79. The second-order valence-electron chi connectivity index (χ2n) is 8.03. The van der Waals surface area contributed by atoms with Crippen LogP contribution in [0.15, 0.2) is 82.7 Å². The topological polar surface area (TPSA) is 67.8 Å². The van der Waals surface area contributed by atoms with Crippen molar-refractivity contribution >= 4 is 38.4 Å². The highest BCUT2D eigenvalue weighted by molar-refractivity contribution is 7.92. The quantitative estimate of drug-likeness (QED) is 0.344. The third kappa shape index (κ3) is 4.76. The van der Waals surface area contributed by atoms with Crippen LogP contribution in [0.5, 0.6) is 5.75 Å². The second kappa shape index (κ2) is 9.08. The standard InChI is InChI=1S/C27H26N2O3S/c1-18-15-19(2)27(20(3)16-18)29-33(30,31)23-12-10-22(11-13-23)28-17-21-9-14-26(32-4)25-8-6-5-7-24(21)25/h5-17,29H,1-4H3. The predicted molar refractivity (Wildman–Crippen MR) is 136 cm³/mol. The van der Waals surface area contributed by atoms with Crippen molar-refractivity contribution < 1.29 is 13.2 Å². The lowest BCUT2D eigenvalue weighted by Gasteiger charge is -2.14. The number of nitrogens with zero attached hydrogens (tertiary/aromatic N) is 1. The van der Waals surface area contributed by atoms with Crippen molar-refractivity contribution in [2.24, 2.45) is 4.99 Å². The van der Waals surface area contributed by atoms with E-state index in [2.05, 4.69) is 9.71 Å². The first-order valence-corrected chi connectivity index (χ1v) is 12.1. The minimum atomic E-state index is -3.71. The minimum Gasteiger partial charge on any atom is -0.496 e. The SMILES string of the molecule is COc1ccc(C=Nc2ccc(S(=O)(=O)Nc3c(C)cc(C)cc3C)cc2)c2ccccc12. The van der Waals surface area contributed by atoms with Crippen LogP contribution in [0.2, 0.25) is 0 Å². The molecule has 0 spiro atoms. The normalized spacial score (nSPS) is 11.8. The number of ether oxygens (including phenoxy) is 1. The Balaban J connectivity index is 1.58. The van der Waals surface area contributed by atoms with Crippen molar-refractivity contribution in [1.29, 1.82) is 0 Å². The maximum Gasteiger partial charge on any atom is 0.261 e. The van der Waals surface area contributed by atoms with Gasteiger partial charge in [0.05, 0.1) is 23.4 Å². The van der Waals surface area contributed by atoms with Gasteiger partial charge in [-0.1, -0.05) is 42.0 Å². The predicted octanol–water partition coefficient (Wildman–Crippen LogP) is 6.33. The van der Waals surface area contributed by atoms with Crippen LogP contribution >= 0.6 is 0 Å². The molecule has 0 aliphatic rings. The molecule has 1 N–H and O–H groups in total. The van der Waals surface area contributed by atoms with E-state index in [4.69, 9.17) is 4.74 Å². The number of anilines is 1. The molecule has 0 atom stereocenters. The molecule has 4 aromatic carbocycles. The molecule has 0 radical (unpaired) electrons. The van der Waals surface area contributed by atoms with Crippen LogP contribution in [-0.2, 0) is 10.0 Å². The number of hydrogen-bond donors (Lipinski definition) is 1. The van der Waals surface area contributed by atoms with Gasteiger partial charge in [-0.2, -0.15) is 0 Å². The average molecular weight is 459 g/mol. The van der Waals surface area contributed by atoms with Gasteiger partial charge in [0, 0.05) is 17.2 Å². The van der Waals surface area contributed by atoms with Gasteiger partial charge in [0.2, 0.25) is 0 Å². The summed E-state index contributed by atoms with van der Waals surface area (Å²) in [5.41, 5.74) is 5.12. The Morgan fingerprint density at radius 2 is 1.48 bits per heavy atom. The lowest BCUT2D eigenvalue weighted by molar-refractivity contribution is 0.420. The summed E-state index contributed by atoms with van der Waals surface area (Å²) in [5, 5.41) is 2.05. The fraction of sp³-hybridized carbons (Fsp3) is 0.148. The number of hydrogen-bond acceptors (Lipinski definition) is 4. The zero-order valence-electron chi connectivity index (χ0n) is 19.1. The molecule has 33 heavy (non-hydrogen) atoms.